The second-order valence-electron chi connectivity index (χ2n) is 7.99. The van der Waals surface area contributed by atoms with Gasteiger partial charge in [0.05, 0.1) is 16.0 Å². The molecule has 0 bridgehead atoms. The predicted molar refractivity (Wildman–Crippen MR) is 130 cm³/mol. The van der Waals surface area contributed by atoms with Gasteiger partial charge in [0.15, 0.2) is 0 Å². The first-order valence-corrected chi connectivity index (χ1v) is 12.6. The van der Waals surface area contributed by atoms with Gasteiger partial charge >= 0.3 is 5.97 Å². The number of carbonyl (C=O) groups is 3. The van der Waals surface area contributed by atoms with Crippen LogP contribution < -0.4 is 4.72 Å². The van der Waals surface area contributed by atoms with Gasteiger partial charge in [0.25, 0.3) is 11.8 Å². The number of benzene rings is 3. The molecule has 0 aromatic heterocycles. The van der Waals surface area contributed by atoms with E-state index in [1.807, 2.05) is 0 Å². The molecular weight excluding hydrogens is 492 g/mol. The number of rotatable bonds is 9. The highest BCUT2D eigenvalue weighted by molar-refractivity contribution is 7.89. The highest BCUT2D eigenvalue weighted by atomic mass is 35.5. The molecule has 1 atom stereocenters. The highest BCUT2D eigenvalue weighted by Crippen LogP contribution is 2.24. The maximum Gasteiger partial charge on any atom is 0.321 e. The van der Waals surface area contributed by atoms with Crippen LogP contribution in [0.3, 0.4) is 0 Å². The Morgan fingerprint density at radius 3 is 1.91 bits per heavy atom. The van der Waals surface area contributed by atoms with Crippen LogP contribution in [0.5, 0.6) is 0 Å². The van der Waals surface area contributed by atoms with Crippen molar-refractivity contribution in [2.24, 2.45) is 0 Å². The minimum Gasteiger partial charge on any atom is -0.480 e. The molecule has 10 heteroatoms. The van der Waals surface area contributed by atoms with Crippen LogP contribution in [0.25, 0.3) is 11.1 Å². The monoisotopic (exact) mass is 512 g/mol. The average Bonchev–Trinajstić information content (AvgIpc) is 3.09. The van der Waals surface area contributed by atoms with Crippen molar-refractivity contribution >= 4 is 39.4 Å². The van der Waals surface area contributed by atoms with Crippen molar-refractivity contribution in [3.8, 4) is 11.1 Å². The number of aliphatic carboxylic acids is 1. The van der Waals surface area contributed by atoms with Gasteiger partial charge < -0.3 is 5.11 Å². The summed E-state index contributed by atoms with van der Waals surface area (Å²) in [4.78, 5) is 37.6. The predicted octanol–water partition coefficient (Wildman–Crippen LogP) is 3.81. The van der Waals surface area contributed by atoms with Crippen LogP contribution in [0.4, 0.5) is 0 Å². The number of sulfonamides is 1. The molecule has 3 aromatic rings. The highest BCUT2D eigenvalue weighted by Gasteiger charge is 2.35. The maximum atomic E-state index is 12.8. The zero-order valence-corrected chi connectivity index (χ0v) is 19.9. The Labute approximate surface area is 207 Å². The first-order chi connectivity index (χ1) is 16.7. The molecule has 0 fully saturated rings. The summed E-state index contributed by atoms with van der Waals surface area (Å²) >= 11 is 5.90. The van der Waals surface area contributed by atoms with Crippen molar-refractivity contribution < 1.29 is 27.9 Å². The molecule has 2 N–H and O–H groups in total. The molecular formula is C25H21ClN2O6S. The summed E-state index contributed by atoms with van der Waals surface area (Å²) in [5, 5.41) is 10.1. The number of fused-ring (bicyclic) bond motifs is 1. The number of nitrogens with one attached hydrogen (secondary N) is 1. The van der Waals surface area contributed by atoms with Crippen LogP contribution in [0.1, 0.15) is 33.6 Å². The normalized spacial score (nSPS) is 14.1. The second-order valence-corrected chi connectivity index (χ2v) is 10.1. The zero-order valence-electron chi connectivity index (χ0n) is 18.3. The van der Waals surface area contributed by atoms with Crippen LogP contribution in [-0.4, -0.2) is 48.8 Å². The Hall–Kier alpha value is -3.53. The first-order valence-electron chi connectivity index (χ1n) is 10.7. The number of carboxylic acid groups (broad SMARTS) is 1. The minimum absolute atomic E-state index is 0.0202. The zero-order chi connectivity index (χ0) is 25.2. The molecule has 0 unspecified atom stereocenters. The summed E-state index contributed by atoms with van der Waals surface area (Å²) in [6.45, 7) is -0.0202. The quantitative estimate of drug-likeness (QED) is 0.420. The summed E-state index contributed by atoms with van der Waals surface area (Å²) in [5.41, 5.74) is 2.23. The van der Waals surface area contributed by atoms with Gasteiger partial charge in [0.2, 0.25) is 10.0 Å². The minimum atomic E-state index is -4.12. The average molecular weight is 513 g/mol. The standard InChI is InChI=1S/C25H21ClN2O6S/c26-18-11-7-16(8-12-18)17-9-13-19(14-10-17)35(33,34)27-22(25(31)32)6-3-15-28-23(29)20-4-1-2-5-21(20)24(28)30/h1-2,4-5,7-14,22,27H,3,6,15H2,(H,31,32)/t22-/m0/s1. The fourth-order valence-electron chi connectivity index (χ4n) is 3.85. The van der Waals surface area contributed by atoms with Gasteiger partial charge in [-0.05, 0) is 60.4 Å². The van der Waals surface area contributed by atoms with E-state index < -0.39 is 33.8 Å². The molecule has 0 radical (unpaired) electrons. The van der Waals surface area contributed by atoms with Gasteiger partial charge in [-0.25, -0.2) is 8.42 Å². The van der Waals surface area contributed by atoms with E-state index in [0.717, 1.165) is 16.0 Å². The van der Waals surface area contributed by atoms with Gasteiger partial charge in [-0.15, -0.1) is 0 Å². The van der Waals surface area contributed by atoms with Crippen LogP contribution in [0, 0.1) is 0 Å². The lowest BCUT2D eigenvalue weighted by atomic mass is 10.1. The van der Waals surface area contributed by atoms with E-state index in [1.54, 1.807) is 60.7 Å². The van der Waals surface area contributed by atoms with Gasteiger partial charge in [0, 0.05) is 11.6 Å². The molecule has 180 valence electrons. The number of carboxylic acids is 1. The largest absolute Gasteiger partial charge is 0.480 e. The lowest BCUT2D eigenvalue weighted by molar-refractivity contribution is -0.139. The summed E-state index contributed by atoms with van der Waals surface area (Å²) in [7, 11) is -4.12. The van der Waals surface area contributed by atoms with E-state index in [-0.39, 0.29) is 24.3 Å². The molecule has 0 aliphatic carbocycles. The summed E-state index contributed by atoms with van der Waals surface area (Å²) in [5.74, 6) is -2.24. The summed E-state index contributed by atoms with van der Waals surface area (Å²) in [6, 6.07) is 18.1. The van der Waals surface area contributed by atoms with Crippen molar-refractivity contribution in [1.82, 2.24) is 9.62 Å². The number of hydrogen-bond acceptors (Lipinski definition) is 5. The number of hydrogen-bond donors (Lipinski definition) is 2. The van der Waals surface area contributed by atoms with Gasteiger partial charge in [-0.1, -0.05) is 48.0 Å². The fourth-order valence-corrected chi connectivity index (χ4v) is 5.20. The van der Waals surface area contributed by atoms with Crippen molar-refractivity contribution in [2.75, 3.05) is 6.54 Å². The third-order valence-electron chi connectivity index (χ3n) is 5.69. The Kier molecular flexibility index (Phi) is 7.02. The Balaban J connectivity index is 1.40. The van der Waals surface area contributed by atoms with Crippen molar-refractivity contribution in [3.63, 3.8) is 0 Å². The van der Waals surface area contributed by atoms with E-state index in [9.17, 15) is 27.9 Å². The van der Waals surface area contributed by atoms with Crippen molar-refractivity contribution in [2.45, 2.75) is 23.8 Å². The molecule has 0 saturated heterocycles. The number of halogens is 1. The van der Waals surface area contributed by atoms with Gasteiger partial charge in [-0.3, -0.25) is 19.3 Å². The molecule has 0 saturated carbocycles. The number of carbonyl (C=O) groups excluding carboxylic acids is 2. The Bertz CT molecular complexity index is 1350. The lowest BCUT2D eigenvalue weighted by Crippen LogP contribution is -2.41. The lowest BCUT2D eigenvalue weighted by Gasteiger charge is -2.17. The molecule has 1 heterocycles. The molecule has 3 aromatic carbocycles. The fraction of sp³-hybridized carbons (Fsp3) is 0.160. The SMILES string of the molecule is O=C(O)[C@H](CCCN1C(=O)c2ccccc2C1=O)NS(=O)(=O)c1ccc(-c2ccc(Cl)cc2)cc1. The van der Waals surface area contributed by atoms with Crippen LogP contribution in [0.2, 0.25) is 5.02 Å². The van der Waals surface area contributed by atoms with Crippen LogP contribution in [0.15, 0.2) is 77.7 Å². The molecule has 0 spiro atoms. The molecule has 4 rings (SSSR count). The third-order valence-corrected chi connectivity index (χ3v) is 7.43. The van der Waals surface area contributed by atoms with E-state index >= 15 is 0 Å². The number of imide groups is 1. The van der Waals surface area contributed by atoms with E-state index in [1.165, 1.54) is 12.1 Å². The molecule has 35 heavy (non-hydrogen) atoms. The van der Waals surface area contributed by atoms with Gasteiger partial charge in [-0.2, -0.15) is 4.72 Å². The van der Waals surface area contributed by atoms with Crippen LogP contribution in [-0.2, 0) is 14.8 Å². The number of amides is 2. The molecule has 1 aliphatic rings. The van der Waals surface area contributed by atoms with E-state index in [4.69, 9.17) is 11.6 Å². The molecule has 1 aliphatic heterocycles. The Morgan fingerprint density at radius 2 is 1.40 bits per heavy atom. The first kappa shape index (κ1) is 24.6. The maximum absolute atomic E-state index is 12.8. The molecule has 8 nitrogen and oxygen atoms in total. The van der Waals surface area contributed by atoms with Crippen molar-refractivity contribution in [3.05, 3.63) is 88.9 Å². The van der Waals surface area contributed by atoms with E-state index in [0.29, 0.717) is 16.1 Å². The number of nitrogens with zero attached hydrogens (tertiary/aromatic N) is 1. The summed E-state index contributed by atoms with van der Waals surface area (Å²) < 4.78 is 27.8. The summed E-state index contributed by atoms with van der Waals surface area (Å²) in [6.07, 6.45) is 0.00524. The van der Waals surface area contributed by atoms with Crippen molar-refractivity contribution in [1.29, 1.82) is 0 Å². The van der Waals surface area contributed by atoms with Gasteiger partial charge in [0.1, 0.15) is 6.04 Å². The van der Waals surface area contributed by atoms with E-state index in [2.05, 4.69) is 4.72 Å². The third kappa shape index (κ3) is 5.27. The smallest absolute Gasteiger partial charge is 0.321 e. The topological polar surface area (TPSA) is 121 Å². The molecule has 2 amide bonds. The van der Waals surface area contributed by atoms with Crippen LogP contribution >= 0.6 is 11.6 Å². The Morgan fingerprint density at radius 1 is 0.886 bits per heavy atom. The second kappa shape index (κ2) is 9.99.